The minimum atomic E-state index is -0.145. The van der Waals surface area contributed by atoms with Crippen LogP contribution in [0.4, 0.5) is 5.95 Å². The Kier molecular flexibility index (Phi) is 4.95. The number of aromatic amines is 1. The standard InChI is InChI=1S/C19H19Cl2N5O/c20-15-4-3-12(8-16(15)21)9-26-6-1-2-13(26)10-25-7-5-17-14(11-25)18(27)24-19(22)23-17/h1-4,6,8H,5,7,9-11H2,(H3,22,23,24,27). The highest BCUT2D eigenvalue weighted by Crippen LogP contribution is 2.24. The molecule has 0 saturated carbocycles. The van der Waals surface area contributed by atoms with Crippen LogP contribution in [0.2, 0.25) is 10.0 Å². The quantitative estimate of drug-likeness (QED) is 0.701. The smallest absolute Gasteiger partial charge is 0.257 e. The summed E-state index contributed by atoms with van der Waals surface area (Å²) in [4.78, 5) is 21.3. The highest BCUT2D eigenvalue weighted by Gasteiger charge is 2.21. The predicted octanol–water partition coefficient (Wildman–Crippen LogP) is 3.07. The zero-order valence-electron chi connectivity index (χ0n) is 14.6. The van der Waals surface area contributed by atoms with Crippen molar-refractivity contribution in [2.45, 2.75) is 26.1 Å². The van der Waals surface area contributed by atoms with Gasteiger partial charge in [0, 0.05) is 44.5 Å². The number of nitrogens with two attached hydrogens (primary N) is 1. The number of hydrogen-bond donors (Lipinski definition) is 2. The molecule has 0 radical (unpaired) electrons. The Morgan fingerprint density at radius 1 is 1.19 bits per heavy atom. The van der Waals surface area contributed by atoms with Gasteiger partial charge in [0.1, 0.15) is 0 Å². The summed E-state index contributed by atoms with van der Waals surface area (Å²) in [5.41, 5.74) is 9.26. The number of rotatable bonds is 4. The first-order valence-electron chi connectivity index (χ1n) is 8.67. The number of halogens is 2. The number of fused-ring (bicyclic) bond motifs is 1. The van der Waals surface area contributed by atoms with Crippen LogP contribution in [-0.2, 0) is 26.1 Å². The van der Waals surface area contributed by atoms with E-state index in [1.54, 1.807) is 0 Å². The molecule has 0 saturated heterocycles. The van der Waals surface area contributed by atoms with Crippen molar-refractivity contribution in [3.8, 4) is 0 Å². The van der Waals surface area contributed by atoms with Crippen LogP contribution in [0.15, 0.2) is 41.3 Å². The van der Waals surface area contributed by atoms with Crippen molar-refractivity contribution in [1.29, 1.82) is 0 Å². The summed E-state index contributed by atoms with van der Waals surface area (Å²) in [6.07, 6.45) is 2.77. The van der Waals surface area contributed by atoms with Crippen LogP contribution in [0, 0.1) is 0 Å². The Morgan fingerprint density at radius 2 is 2.04 bits per heavy atom. The molecular weight excluding hydrogens is 385 g/mol. The molecule has 140 valence electrons. The van der Waals surface area contributed by atoms with Crippen LogP contribution in [0.5, 0.6) is 0 Å². The maximum Gasteiger partial charge on any atom is 0.257 e. The van der Waals surface area contributed by atoms with Gasteiger partial charge in [0.15, 0.2) is 0 Å². The third kappa shape index (κ3) is 3.88. The van der Waals surface area contributed by atoms with E-state index < -0.39 is 0 Å². The van der Waals surface area contributed by atoms with Gasteiger partial charge >= 0.3 is 0 Å². The Labute approximate surface area is 166 Å². The van der Waals surface area contributed by atoms with Crippen LogP contribution in [0.25, 0.3) is 0 Å². The molecule has 8 heteroatoms. The number of anilines is 1. The van der Waals surface area contributed by atoms with Gasteiger partial charge in [0.25, 0.3) is 5.56 Å². The molecule has 27 heavy (non-hydrogen) atoms. The maximum atomic E-state index is 12.2. The van der Waals surface area contributed by atoms with Crippen molar-refractivity contribution in [2.24, 2.45) is 0 Å². The zero-order valence-corrected chi connectivity index (χ0v) is 16.1. The minimum absolute atomic E-state index is 0.145. The summed E-state index contributed by atoms with van der Waals surface area (Å²) >= 11 is 12.1. The third-order valence-corrected chi connectivity index (χ3v) is 5.55. The van der Waals surface area contributed by atoms with Gasteiger partial charge in [-0.2, -0.15) is 0 Å². The highest BCUT2D eigenvalue weighted by atomic mass is 35.5. The van der Waals surface area contributed by atoms with Crippen LogP contribution < -0.4 is 11.3 Å². The normalized spacial score (nSPS) is 14.3. The lowest BCUT2D eigenvalue weighted by Gasteiger charge is -2.28. The molecule has 0 aliphatic carbocycles. The number of nitrogens with zero attached hydrogens (tertiary/aromatic N) is 3. The molecule has 0 spiro atoms. The van der Waals surface area contributed by atoms with Crippen LogP contribution >= 0.6 is 23.2 Å². The summed E-state index contributed by atoms with van der Waals surface area (Å²) in [6.45, 7) is 2.86. The zero-order chi connectivity index (χ0) is 19.0. The van der Waals surface area contributed by atoms with Crippen molar-refractivity contribution in [2.75, 3.05) is 12.3 Å². The Morgan fingerprint density at radius 3 is 2.85 bits per heavy atom. The molecule has 6 nitrogen and oxygen atoms in total. The van der Waals surface area contributed by atoms with Crippen LogP contribution in [0.1, 0.15) is 22.5 Å². The first-order valence-corrected chi connectivity index (χ1v) is 9.43. The number of hydrogen-bond acceptors (Lipinski definition) is 4. The molecular formula is C19H19Cl2N5O. The van der Waals surface area contributed by atoms with Gasteiger partial charge in [-0.15, -0.1) is 0 Å². The number of nitrogen functional groups attached to an aromatic ring is 1. The van der Waals surface area contributed by atoms with E-state index in [1.165, 1.54) is 5.69 Å². The molecule has 0 unspecified atom stereocenters. The first-order chi connectivity index (χ1) is 13.0. The average Bonchev–Trinajstić information content (AvgIpc) is 3.05. The summed E-state index contributed by atoms with van der Waals surface area (Å²) in [6, 6.07) is 9.80. The second kappa shape index (κ2) is 7.38. The third-order valence-electron chi connectivity index (χ3n) is 4.81. The van der Waals surface area contributed by atoms with Crippen molar-refractivity contribution >= 4 is 29.2 Å². The molecule has 3 N–H and O–H groups in total. The van der Waals surface area contributed by atoms with E-state index in [0.717, 1.165) is 30.8 Å². The average molecular weight is 404 g/mol. The predicted molar refractivity (Wildman–Crippen MR) is 107 cm³/mol. The Bertz CT molecular complexity index is 1040. The van der Waals surface area contributed by atoms with Gasteiger partial charge in [-0.05, 0) is 29.8 Å². The first kappa shape index (κ1) is 18.1. The summed E-state index contributed by atoms with van der Waals surface area (Å²) in [7, 11) is 0. The van der Waals surface area contributed by atoms with Gasteiger partial charge in [-0.3, -0.25) is 14.7 Å². The summed E-state index contributed by atoms with van der Waals surface area (Å²) < 4.78 is 2.18. The van der Waals surface area contributed by atoms with Crippen molar-refractivity contribution in [3.63, 3.8) is 0 Å². The van der Waals surface area contributed by atoms with E-state index in [1.807, 2.05) is 30.5 Å². The van der Waals surface area contributed by atoms with Crippen LogP contribution in [0.3, 0.4) is 0 Å². The lowest BCUT2D eigenvalue weighted by molar-refractivity contribution is 0.236. The molecule has 3 aromatic rings. The fourth-order valence-electron chi connectivity index (χ4n) is 3.45. The molecule has 2 aromatic heterocycles. The minimum Gasteiger partial charge on any atom is -0.369 e. The van der Waals surface area contributed by atoms with Gasteiger partial charge in [-0.1, -0.05) is 29.3 Å². The SMILES string of the molecule is Nc1nc2c(c(=O)[nH]1)CN(Cc1cccn1Cc1ccc(Cl)c(Cl)c1)CC2. The lowest BCUT2D eigenvalue weighted by Crippen LogP contribution is -2.36. The highest BCUT2D eigenvalue weighted by molar-refractivity contribution is 6.42. The fourth-order valence-corrected chi connectivity index (χ4v) is 3.77. The topological polar surface area (TPSA) is 79.9 Å². The molecule has 1 aliphatic heterocycles. The molecule has 1 aliphatic rings. The van der Waals surface area contributed by atoms with E-state index in [-0.39, 0.29) is 11.5 Å². The summed E-state index contributed by atoms with van der Waals surface area (Å²) in [5.74, 6) is 0.183. The number of benzene rings is 1. The second-order valence-corrected chi connectivity index (χ2v) is 7.53. The maximum absolute atomic E-state index is 12.2. The van der Waals surface area contributed by atoms with Gasteiger partial charge < -0.3 is 10.3 Å². The van der Waals surface area contributed by atoms with Crippen molar-refractivity contribution in [1.82, 2.24) is 19.4 Å². The molecule has 0 bridgehead atoms. The summed E-state index contributed by atoms with van der Waals surface area (Å²) in [5, 5.41) is 1.11. The van der Waals surface area contributed by atoms with Gasteiger partial charge in [0.05, 0.1) is 21.3 Å². The van der Waals surface area contributed by atoms with Crippen LogP contribution in [-0.4, -0.2) is 26.0 Å². The van der Waals surface area contributed by atoms with E-state index in [0.29, 0.717) is 28.7 Å². The molecule has 3 heterocycles. The Hall–Kier alpha value is -2.28. The number of aromatic nitrogens is 3. The van der Waals surface area contributed by atoms with E-state index in [2.05, 4.69) is 25.5 Å². The van der Waals surface area contributed by atoms with Gasteiger partial charge in [-0.25, -0.2) is 4.98 Å². The molecule has 1 aromatic carbocycles. The van der Waals surface area contributed by atoms with Crippen molar-refractivity contribution in [3.05, 3.63) is 79.4 Å². The molecule has 0 atom stereocenters. The van der Waals surface area contributed by atoms with Crippen molar-refractivity contribution < 1.29 is 0 Å². The fraction of sp³-hybridized carbons (Fsp3) is 0.263. The number of H-pyrrole nitrogens is 1. The number of nitrogens with one attached hydrogen (secondary N) is 1. The Balaban J connectivity index is 1.50. The monoisotopic (exact) mass is 403 g/mol. The molecule has 0 amide bonds. The van der Waals surface area contributed by atoms with Gasteiger partial charge in [0.2, 0.25) is 5.95 Å². The largest absolute Gasteiger partial charge is 0.369 e. The second-order valence-electron chi connectivity index (χ2n) is 6.71. The molecule has 4 rings (SSSR count). The van der Waals surface area contributed by atoms with E-state index >= 15 is 0 Å². The van der Waals surface area contributed by atoms with E-state index in [9.17, 15) is 4.79 Å². The lowest BCUT2D eigenvalue weighted by atomic mass is 10.1. The molecule has 0 fully saturated rings. The van der Waals surface area contributed by atoms with E-state index in [4.69, 9.17) is 28.9 Å².